The Morgan fingerprint density at radius 2 is 1.55 bits per heavy atom. The van der Waals surface area contributed by atoms with E-state index in [0.29, 0.717) is 11.6 Å². The quantitative estimate of drug-likeness (QED) is 0.669. The monoisotopic (exact) mass is 305 g/mol. The molecule has 0 aliphatic heterocycles. The van der Waals surface area contributed by atoms with Crippen LogP contribution in [0.5, 0.6) is 0 Å². The molecule has 1 aromatic carbocycles. The first-order chi connectivity index (χ1) is 10.7. The molecule has 0 heterocycles. The first kappa shape index (κ1) is 16.3. The minimum Gasteiger partial charge on any atom is -0.468 e. The lowest BCUT2D eigenvalue weighted by Gasteiger charge is -2.24. The molecule has 1 aromatic rings. The van der Waals surface area contributed by atoms with E-state index in [2.05, 4.69) is 14.8 Å². The summed E-state index contributed by atoms with van der Waals surface area (Å²) in [6, 6.07) is 7.83. The van der Waals surface area contributed by atoms with E-state index in [9.17, 15) is 9.59 Å². The topological polar surface area (TPSA) is 64.6 Å². The van der Waals surface area contributed by atoms with Gasteiger partial charge in [0.15, 0.2) is 5.92 Å². The second-order valence-electron chi connectivity index (χ2n) is 5.58. The highest BCUT2D eigenvalue weighted by Crippen LogP contribution is 2.24. The number of methoxy groups -OCH3 is 2. The molecule has 0 saturated heterocycles. The van der Waals surface area contributed by atoms with E-state index in [1.54, 1.807) is 12.1 Å². The van der Waals surface area contributed by atoms with Crippen LogP contribution in [0, 0.1) is 0 Å². The molecule has 5 nitrogen and oxygen atoms in total. The fourth-order valence-corrected chi connectivity index (χ4v) is 2.86. The second kappa shape index (κ2) is 7.82. The molecule has 22 heavy (non-hydrogen) atoms. The van der Waals surface area contributed by atoms with Crippen molar-refractivity contribution in [2.45, 2.75) is 44.1 Å². The number of anilines is 1. The SMILES string of the molecule is COC(=O)C(C(=O)OC)c1ccc(NC2CCCCC2)cc1. The van der Waals surface area contributed by atoms with E-state index in [-0.39, 0.29) is 0 Å². The molecule has 0 amide bonds. The van der Waals surface area contributed by atoms with Crippen LogP contribution in [-0.4, -0.2) is 32.2 Å². The van der Waals surface area contributed by atoms with Crippen molar-refractivity contribution in [1.29, 1.82) is 0 Å². The van der Waals surface area contributed by atoms with Crippen molar-refractivity contribution in [2.24, 2.45) is 0 Å². The summed E-state index contributed by atoms with van der Waals surface area (Å²) in [7, 11) is 2.52. The Labute approximate surface area is 131 Å². The smallest absolute Gasteiger partial charge is 0.324 e. The Hall–Kier alpha value is -2.04. The molecule has 1 aliphatic carbocycles. The fourth-order valence-electron chi connectivity index (χ4n) is 2.86. The minimum atomic E-state index is -1.03. The highest BCUT2D eigenvalue weighted by atomic mass is 16.5. The summed E-state index contributed by atoms with van der Waals surface area (Å²) in [6.07, 6.45) is 6.23. The van der Waals surface area contributed by atoms with Crippen molar-refractivity contribution >= 4 is 17.6 Å². The largest absolute Gasteiger partial charge is 0.468 e. The second-order valence-corrected chi connectivity index (χ2v) is 5.58. The molecule has 0 radical (unpaired) electrons. The van der Waals surface area contributed by atoms with E-state index in [4.69, 9.17) is 0 Å². The standard InChI is InChI=1S/C17H23NO4/c1-21-16(19)15(17(20)22-2)12-8-10-14(11-9-12)18-13-6-4-3-5-7-13/h8-11,13,15,18H,3-7H2,1-2H3. The number of rotatable bonds is 5. The average molecular weight is 305 g/mol. The van der Waals surface area contributed by atoms with Crippen molar-refractivity contribution in [1.82, 2.24) is 0 Å². The van der Waals surface area contributed by atoms with Crippen LogP contribution in [-0.2, 0) is 19.1 Å². The zero-order chi connectivity index (χ0) is 15.9. The van der Waals surface area contributed by atoms with Gasteiger partial charge in [-0.3, -0.25) is 9.59 Å². The molecule has 0 spiro atoms. The predicted octanol–water partition coefficient (Wildman–Crippen LogP) is 2.86. The van der Waals surface area contributed by atoms with Crippen LogP contribution in [0.15, 0.2) is 24.3 Å². The fraction of sp³-hybridized carbons (Fsp3) is 0.529. The maximum absolute atomic E-state index is 11.8. The number of hydrogen-bond donors (Lipinski definition) is 1. The van der Waals surface area contributed by atoms with Gasteiger partial charge in [-0.25, -0.2) is 0 Å². The number of carbonyl (C=O) groups excluding carboxylic acids is 2. The van der Waals surface area contributed by atoms with Gasteiger partial charge in [-0.2, -0.15) is 0 Å². The Morgan fingerprint density at radius 3 is 2.05 bits per heavy atom. The molecule has 1 aliphatic rings. The van der Waals surface area contributed by atoms with Gasteiger partial charge in [0.05, 0.1) is 14.2 Å². The highest BCUT2D eigenvalue weighted by Gasteiger charge is 2.30. The molecule has 0 unspecified atom stereocenters. The molecule has 5 heteroatoms. The van der Waals surface area contributed by atoms with Gasteiger partial charge in [0.25, 0.3) is 0 Å². The maximum Gasteiger partial charge on any atom is 0.324 e. The number of ether oxygens (including phenoxy) is 2. The summed E-state index contributed by atoms with van der Waals surface area (Å²) in [5.74, 6) is -2.25. The first-order valence-electron chi connectivity index (χ1n) is 7.68. The lowest BCUT2D eigenvalue weighted by Crippen LogP contribution is -2.24. The molecule has 1 N–H and O–H groups in total. The number of benzene rings is 1. The molecule has 120 valence electrons. The third-order valence-electron chi connectivity index (χ3n) is 4.09. The summed E-state index contributed by atoms with van der Waals surface area (Å²) in [6.45, 7) is 0. The molecular formula is C17H23NO4. The van der Waals surface area contributed by atoms with Crippen LogP contribution in [0.25, 0.3) is 0 Å². The van der Waals surface area contributed by atoms with Gasteiger partial charge in [-0.05, 0) is 30.5 Å². The van der Waals surface area contributed by atoms with Gasteiger partial charge in [-0.15, -0.1) is 0 Å². The molecule has 2 rings (SSSR count). The summed E-state index contributed by atoms with van der Waals surface area (Å²) in [4.78, 5) is 23.6. The van der Waals surface area contributed by atoms with Gasteiger partial charge in [-0.1, -0.05) is 31.4 Å². The molecule has 1 saturated carbocycles. The summed E-state index contributed by atoms with van der Waals surface area (Å²) in [5.41, 5.74) is 1.58. The van der Waals surface area contributed by atoms with E-state index in [1.807, 2.05) is 12.1 Å². The molecular weight excluding hydrogens is 282 g/mol. The Kier molecular flexibility index (Phi) is 5.81. The zero-order valence-electron chi connectivity index (χ0n) is 13.1. The lowest BCUT2D eigenvalue weighted by molar-refractivity contribution is -0.154. The normalized spacial score (nSPS) is 15.4. The zero-order valence-corrected chi connectivity index (χ0v) is 13.1. The maximum atomic E-state index is 11.8. The van der Waals surface area contributed by atoms with E-state index >= 15 is 0 Å². The molecule has 0 atom stereocenters. The molecule has 1 fully saturated rings. The Morgan fingerprint density at radius 1 is 1.00 bits per heavy atom. The summed E-state index contributed by atoms with van der Waals surface area (Å²) in [5, 5.41) is 3.50. The van der Waals surface area contributed by atoms with Crippen molar-refractivity contribution in [3.8, 4) is 0 Å². The third kappa shape index (κ3) is 4.00. The Balaban J connectivity index is 2.08. The Bertz CT molecular complexity index is 490. The summed E-state index contributed by atoms with van der Waals surface area (Å²) < 4.78 is 9.37. The highest BCUT2D eigenvalue weighted by molar-refractivity contribution is 6.00. The van der Waals surface area contributed by atoms with Crippen molar-refractivity contribution in [3.05, 3.63) is 29.8 Å². The minimum absolute atomic E-state index is 0.511. The van der Waals surface area contributed by atoms with E-state index in [1.165, 1.54) is 46.3 Å². The third-order valence-corrected chi connectivity index (χ3v) is 4.09. The van der Waals surface area contributed by atoms with E-state index < -0.39 is 17.9 Å². The van der Waals surface area contributed by atoms with Gasteiger partial charge >= 0.3 is 11.9 Å². The van der Waals surface area contributed by atoms with Crippen LogP contribution >= 0.6 is 0 Å². The number of carbonyl (C=O) groups is 2. The van der Waals surface area contributed by atoms with Gasteiger partial charge in [0.1, 0.15) is 0 Å². The van der Waals surface area contributed by atoms with Gasteiger partial charge < -0.3 is 14.8 Å². The number of nitrogens with one attached hydrogen (secondary N) is 1. The van der Waals surface area contributed by atoms with Crippen LogP contribution in [0.2, 0.25) is 0 Å². The van der Waals surface area contributed by atoms with Crippen LogP contribution in [0.4, 0.5) is 5.69 Å². The van der Waals surface area contributed by atoms with Crippen molar-refractivity contribution in [2.75, 3.05) is 19.5 Å². The van der Waals surface area contributed by atoms with Crippen LogP contribution in [0.3, 0.4) is 0 Å². The van der Waals surface area contributed by atoms with Crippen LogP contribution in [0.1, 0.15) is 43.6 Å². The number of hydrogen-bond acceptors (Lipinski definition) is 5. The van der Waals surface area contributed by atoms with E-state index in [0.717, 1.165) is 5.69 Å². The van der Waals surface area contributed by atoms with Crippen LogP contribution < -0.4 is 5.32 Å². The average Bonchev–Trinajstić information content (AvgIpc) is 2.57. The molecule has 0 bridgehead atoms. The predicted molar refractivity (Wildman–Crippen MR) is 83.7 cm³/mol. The first-order valence-corrected chi connectivity index (χ1v) is 7.68. The van der Waals surface area contributed by atoms with Gasteiger partial charge in [0, 0.05) is 11.7 Å². The van der Waals surface area contributed by atoms with Gasteiger partial charge in [0.2, 0.25) is 0 Å². The summed E-state index contributed by atoms with van der Waals surface area (Å²) >= 11 is 0. The number of esters is 2. The van der Waals surface area contributed by atoms with Crippen molar-refractivity contribution in [3.63, 3.8) is 0 Å². The van der Waals surface area contributed by atoms with Crippen molar-refractivity contribution < 1.29 is 19.1 Å². The lowest BCUT2D eigenvalue weighted by atomic mass is 9.95. The molecule has 0 aromatic heterocycles.